The van der Waals surface area contributed by atoms with E-state index in [0.717, 1.165) is 31.5 Å². The van der Waals surface area contributed by atoms with Crippen molar-refractivity contribution in [3.63, 3.8) is 0 Å². The molecule has 0 saturated heterocycles. The zero-order valence-electron chi connectivity index (χ0n) is 13.2. The van der Waals surface area contributed by atoms with Crippen LogP contribution in [0.2, 0.25) is 0 Å². The third kappa shape index (κ3) is 4.13. The van der Waals surface area contributed by atoms with Crippen LogP contribution in [0.1, 0.15) is 50.2 Å². The first-order valence-corrected chi connectivity index (χ1v) is 8.36. The first kappa shape index (κ1) is 16.6. The van der Waals surface area contributed by atoms with Gasteiger partial charge in [0.1, 0.15) is 0 Å². The molecule has 1 heterocycles. The van der Waals surface area contributed by atoms with E-state index < -0.39 is 6.43 Å². The predicted molar refractivity (Wildman–Crippen MR) is 84.5 cm³/mol. The number of alkyl halides is 2. The van der Waals surface area contributed by atoms with Crippen molar-refractivity contribution in [2.24, 2.45) is 5.41 Å². The van der Waals surface area contributed by atoms with E-state index in [1.54, 1.807) is 23.3 Å². The SMILES string of the molecule is CCCNC1CC(C)(C)Cc2nc(N(C)CC(F)F)sc21. The van der Waals surface area contributed by atoms with Crippen molar-refractivity contribution < 1.29 is 8.78 Å². The molecule has 0 fully saturated rings. The molecule has 21 heavy (non-hydrogen) atoms. The molecule has 2 rings (SSSR count). The van der Waals surface area contributed by atoms with Crippen LogP contribution in [-0.4, -0.2) is 31.5 Å². The van der Waals surface area contributed by atoms with Crippen LogP contribution in [-0.2, 0) is 6.42 Å². The van der Waals surface area contributed by atoms with E-state index in [9.17, 15) is 8.78 Å². The molecule has 0 aliphatic heterocycles. The molecule has 0 saturated carbocycles. The second-order valence-corrected chi connectivity index (χ2v) is 7.64. The van der Waals surface area contributed by atoms with E-state index in [1.165, 1.54) is 4.88 Å². The molecule has 1 atom stereocenters. The molecule has 6 heteroatoms. The molecule has 0 bridgehead atoms. The summed E-state index contributed by atoms with van der Waals surface area (Å²) in [6.07, 6.45) is 0.746. The lowest BCUT2D eigenvalue weighted by Gasteiger charge is -2.34. The van der Waals surface area contributed by atoms with Crippen molar-refractivity contribution in [2.75, 3.05) is 25.0 Å². The zero-order valence-corrected chi connectivity index (χ0v) is 14.1. The largest absolute Gasteiger partial charge is 0.345 e. The van der Waals surface area contributed by atoms with Gasteiger partial charge in [0.15, 0.2) is 5.13 Å². The molecule has 1 unspecified atom stereocenters. The fourth-order valence-electron chi connectivity index (χ4n) is 2.85. The number of fused-ring (bicyclic) bond motifs is 1. The maximum atomic E-state index is 12.5. The smallest absolute Gasteiger partial charge is 0.255 e. The van der Waals surface area contributed by atoms with Gasteiger partial charge < -0.3 is 10.2 Å². The molecule has 0 aromatic carbocycles. The molecule has 0 amide bonds. The maximum Gasteiger partial charge on any atom is 0.255 e. The Labute approximate surface area is 129 Å². The minimum atomic E-state index is -2.33. The number of anilines is 1. The highest BCUT2D eigenvalue weighted by Gasteiger charge is 2.35. The predicted octanol–water partition coefficient (Wildman–Crippen LogP) is 3.86. The number of hydrogen-bond donors (Lipinski definition) is 1. The van der Waals surface area contributed by atoms with Crippen molar-refractivity contribution in [2.45, 2.75) is 52.5 Å². The van der Waals surface area contributed by atoms with E-state index in [1.807, 2.05) is 0 Å². The Morgan fingerprint density at radius 1 is 1.48 bits per heavy atom. The standard InChI is InChI=1S/C15H25F2N3S/c1-5-6-18-10-7-15(2,3)8-11-13(10)21-14(19-11)20(4)9-12(16)17/h10,12,18H,5-9H2,1-4H3. The molecule has 1 aliphatic carbocycles. The summed E-state index contributed by atoms with van der Waals surface area (Å²) in [6.45, 7) is 7.36. The normalized spacial score (nSPS) is 20.6. The van der Waals surface area contributed by atoms with Gasteiger partial charge in [-0.05, 0) is 31.2 Å². The molecule has 1 N–H and O–H groups in total. The molecule has 120 valence electrons. The highest BCUT2D eigenvalue weighted by atomic mass is 32.1. The Bertz CT molecular complexity index is 473. The second kappa shape index (κ2) is 6.57. The molecule has 1 aromatic rings. The first-order valence-electron chi connectivity index (χ1n) is 7.54. The number of rotatable bonds is 6. The molecular formula is C15H25F2N3S. The van der Waals surface area contributed by atoms with Crippen LogP contribution >= 0.6 is 11.3 Å². The lowest BCUT2D eigenvalue weighted by atomic mass is 9.76. The summed E-state index contributed by atoms with van der Waals surface area (Å²) in [7, 11) is 1.69. The van der Waals surface area contributed by atoms with Crippen molar-refractivity contribution >= 4 is 16.5 Å². The van der Waals surface area contributed by atoms with E-state index in [-0.39, 0.29) is 12.0 Å². The quantitative estimate of drug-likeness (QED) is 0.863. The highest BCUT2D eigenvalue weighted by Crippen LogP contribution is 2.44. The minimum Gasteiger partial charge on any atom is -0.345 e. The van der Waals surface area contributed by atoms with Crippen LogP contribution in [0, 0.1) is 5.41 Å². The Hall–Kier alpha value is -0.750. The van der Waals surface area contributed by atoms with Crippen molar-refractivity contribution in [3.05, 3.63) is 10.6 Å². The van der Waals surface area contributed by atoms with E-state index in [2.05, 4.69) is 31.1 Å². The Balaban J connectivity index is 2.23. The Morgan fingerprint density at radius 2 is 2.19 bits per heavy atom. The summed E-state index contributed by atoms with van der Waals surface area (Å²) >= 11 is 1.56. The molecule has 0 radical (unpaired) electrons. The fraction of sp³-hybridized carbons (Fsp3) is 0.800. The van der Waals surface area contributed by atoms with Gasteiger partial charge in [-0.15, -0.1) is 0 Å². The molecular weight excluding hydrogens is 292 g/mol. The summed E-state index contributed by atoms with van der Waals surface area (Å²) in [6, 6.07) is 0.301. The molecule has 3 nitrogen and oxygen atoms in total. The van der Waals surface area contributed by atoms with E-state index in [4.69, 9.17) is 0 Å². The van der Waals surface area contributed by atoms with E-state index in [0.29, 0.717) is 11.2 Å². The highest BCUT2D eigenvalue weighted by molar-refractivity contribution is 7.15. The summed E-state index contributed by atoms with van der Waals surface area (Å²) in [4.78, 5) is 7.43. The van der Waals surface area contributed by atoms with Gasteiger partial charge in [0.05, 0.1) is 12.2 Å². The summed E-state index contributed by atoms with van der Waals surface area (Å²) in [5.74, 6) is 0. The van der Waals surface area contributed by atoms with Gasteiger partial charge in [-0.25, -0.2) is 13.8 Å². The lowest BCUT2D eigenvalue weighted by molar-refractivity contribution is 0.156. The minimum absolute atomic E-state index is 0.199. The first-order chi connectivity index (χ1) is 9.82. The topological polar surface area (TPSA) is 28.2 Å². The summed E-state index contributed by atoms with van der Waals surface area (Å²) in [5.41, 5.74) is 1.28. The third-order valence-electron chi connectivity index (χ3n) is 3.81. The lowest BCUT2D eigenvalue weighted by Crippen LogP contribution is -2.33. The fourth-order valence-corrected chi connectivity index (χ4v) is 3.98. The van der Waals surface area contributed by atoms with Crippen LogP contribution in [0.15, 0.2) is 0 Å². The Morgan fingerprint density at radius 3 is 2.81 bits per heavy atom. The third-order valence-corrected chi connectivity index (χ3v) is 5.14. The number of nitrogens with one attached hydrogen (secondary N) is 1. The second-order valence-electron chi connectivity index (χ2n) is 6.63. The average Bonchev–Trinajstić information content (AvgIpc) is 2.77. The zero-order chi connectivity index (χ0) is 15.6. The number of halogens is 2. The van der Waals surface area contributed by atoms with Crippen molar-refractivity contribution in [1.82, 2.24) is 10.3 Å². The van der Waals surface area contributed by atoms with E-state index >= 15 is 0 Å². The number of thiazole rings is 1. The summed E-state index contributed by atoms with van der Waals surface area (Å²) < 4.78 is 25.1. The van der Waals surface area contributed by atoms with Crippen LogP contribution in [0.5, 0.6) is 0 Å². The van der Waals surface area contributed by atoms with Gasteiger partial charge in [0, 0.05) is 18.0 Å². The van der Waals surface area contributed by atoms with Crippen molar-refractivity contribution in [3.8, 4) is 0 Å². The molecule has 0 spiro atoms. The van der Waals surface area contributed by atoms with Gasteiger partial charge in [-0.2, -0.15) is 0 Å². The van der Waals surface area contributed by atoms with Gasteiger partial charge in [0.25, 0.3) is 6.43 Å². The van der Waals surface area contributed by atoms with Crippen LogP contribution in [0.3, 0.4) is 0 Å². The van der Waals surface area contributed by atoms with Gasteiger partial charge in [-0.1, -0.05) is 32.1 Å². The number of aromatic nitrogens is 1. The molecule has 1 aromatic heterocycles. The Kier molecular flexibility index (Phi) is 5.20. The van der Waals surface area contributed by atoms with Crippen LogP contribution in [0.4, 0.5) is 13.9 Å². The van der Waals surface area contributed by atoms with Crippen molar-refractivity contribution in [1.29, 1.82) is 0 Å². The van der Waals surface area contributed by atoms with Gasteiger partial charge >= 0.3 is 0 Å². The van der Waals surface area contributed by atoms with Crippen LogP contribution < -0.4 is 10.2 Å². The average molecular weight is 317 g/mol. The van der Waals surface area contributed by atoms with Gasteiger partial charge in [-0.3, -0.25) is 0 Å². The van der Waals surface area contributed by atoms with Gasteiger partial charge in [0.2, 0.25) is 0 Å². The summed E-state index contributed by atoms with van der Waals surface area (Å²) in [5, 5.41) is 4.29. The monoisotopic (exact) mass is 317 g/mol. The number of hydrogen-bond acceptors (Lipinski definition) is 4. The maximum absolute atomic E-state index is 12.5. The number of nitrogens with zero attached hydrogens (tertiary/aromatic N) is 2. The van der Waals surface area contributed by atoms with Crippen LogP contribution in [0.25, 0.3) is 0 Å². The molecule has 1 aliphatic rings.